The summed E-state index contributed by atoms with van der Waals surface area (Å²) in [4.78, 5) is 25.0. The van der Waals surface area contributed by atoms with E-state index in [1.54, 1.807) is 4.90 Å². The van der Waals surface area contributed by atoms with Crippen molar-refractivity contribution in [2.24, 2.45) is 0 Å². The largest absolute Gasteiger partial charge is 0.378 e. The van der Waals surface area contributed by atoms with E-state index in [0.29, 0.717) is 51.9 Å². The lowest BCUT2D eigenvalue weighted by molar-refractivity contribution is -0.0126. The summed E-state index contributed by atoms with van der Waals surface area (Å²) in [6.45, 7) is 6.27. The number of rotatable bonds is 2. The maximum Gasteiger partial charge on any atom is 0.274 e. The highest BCUT2D eigenvalue weighted by atomic mass is 35.5. The Labute approximate surface area is 134 Å². The van der Waals surface area contributed by atoms with Crippen LogP contribution in [0.2, 0.25) is 5.02 Å². The van der Waals surface area contributed by atoms with Gasteiger partial charge >= 0.3 is 0 Å². The number of carbonyl (C=O) groups excluding carboxylic acids is 1. The standard InChI is InChI=1S/C14H19ClN4O3/c1-10-9-19(4-7-22-10)13(20)12-11(15)8-16-14(17-12)18-2-5-21-6-3-18/h8,10H,2-7,9H2,1H3/t10-/m1/s1. The fourth-order valence-corrected chi connectivity index (χ4v) is 2.75. The third-order valence-corrected chi connectivity index (χ3v) is 4.03. The van der Waals surface area contributed by atoms with Crippen LogP contribution in [0.5, 0.6) is 0 Å². The van der Waals surface area contributed by atoms with Crippen molar-refractivity contribution in [2.75, 3.05) is 50.9 Å². The predicted molar refractivity (Wildman–Crippen MR) is 81.4 cm³/mol. The zero-order valence-electron chi connectivity index (χ0n) is 12.5. The predicted octanol–water partition coefficient (Wildman–Crippen LogP) is 0.827. The Hall–Kier alpha value is -1.44. The minimum absolute atomic E-state index is 0.0250. The van der Waals surface area contributed by atoms with Crippen LogP contribution in [0, 0.1) is 0 Å². The Morgan fingerprint density at radius 2 is 2.09 bits per heavy atom. The van der Waals surface area contributed by atoms with E-state index in [1.807, 2.05) is 11.8 Å². The molecule has 3 heterocycles. The molecule has 0 unspecified atom stereocenters. The van der Waals surface area contributed by atoms with Gasteiger partial charge in [0.05, 0.1) is 37.1 Å². The van der Waals surface area contributed by atoms with Gasteiger partial charge in [-0.25, -0.2) is 9.97 Å². The van der Waals surface area contributed by atoms with Gasteiger partial charge in [-0.2, -0.15) is 0 Å². The van der Waals surface area contributed by atoms with Gasteiger partial charge in [-0.15, -0.1) is 0 Å². The van der Waals surface area contributed by atoms with Gasteiger partial charge in [-0.3, -0.25) is 4.79 Å². The average molecular weight is 327 g/mol. The summed E-state index contributed by atoms with van der Waals surface area (Å²) in [7, 11) is 0. The Morgan fingerprint density at radius 1 is 1.32 bits per heavy atom. The molecule has 2 saturated heterocycles. The minimum atomic E-state index is -0.169. The zero-order valence-corrected chi connectivity index (χ0v) is 13.3. The van der Waals surface area contributed by atoms with E-state index in [1.165, 1.54) is 6.20 Å². The van der Waals surface area contributed by atoms with E-state index in [2.05, 4.69) is 9.97 Å². The maximum atomic E-state index is 12.7. The molecular weight excluding hydrogens is 308 g/mol. The Morgan fingerprint density at radius 3 is 2.82 bits per heavy atom. The summed E-state index contributed by atoms with van der Waals surface area (Å²) in [6.07, 6.45) is 1.52. The van der Waals surface area contributed by atoms with Gasteiger partial charge in [-0.05, 0) is 6.92 Å². The number of halogens is 1. The van der Waals surface area contributed by atoms with Crippen LogP contribution in [-0.4, -0.2) is 72.9 Å². The van der Waals surface area contributed by atoms with Crippen molar-refractivity contribution in [1.82, 2.24) is 14.9 Å². The van der Waals surface area contributed by atoms with Gasteiger partial charge in [0.1, 0.15) is 0 Å². The fourth-order valence-electron chi connectivity index (χ4n) is 2.58. The molecule has 1 atom stereocenters. The van der Waals surface area contributed by atoms with Crippen molar-refractivity contribution >= 4 is 23.5 Å². The van der Waals surface area contributed by atoms with E-state index in [9.17, 15) is 4.79 Å². The van der Waals surface area contributed by atoms with E-state index in [4.69, 9.17) is 21.1 Å². The SMILES string of the molecule is C[C@@H]1CN(C(=O)c2nc(N3CCOCC3)ncc2Cl)CCO1. The lowest BCUT2D eigenvalue weighted by atomic mass is 10.2. The topological polar surface area (TPSA) is 67.8 Å². The Bertz CT molecular complexity index is 551. The molecule has 3 rings (SSSR count). The monoisotopic (exact) mass is 326 g/mol. The number of carbonyl (C=O) groups is 1. The highest BCUT2D eigenvalue weighted by molar-refractivity contribution is 6.33. The molecule has 7 nitrogen and oxygen atoms in total. The lowest BCUT2D eigenvalue weighted by Gasteiger charge is -2.31. The molecule has 0 N–H and O–H groups in total. The second kappa shape index (κ2) is 6.76. The molecule has 1 aromatic heterocycles. The van der Waals surface area contributed by atoms with Crippen molar-refractivity contribution in [3.63, 3.8) is 0 Å². The zero-order chi connectivity index (χ0) is 15.5. The van der Waals surface area contributed by atoms with Gasteiger partial charge in [0.2, 0.25) is 5.95 Å². The van der Waals surface area contributed by atoms with Crippen molar-refractivity contribution in [1.29, 1.82) is 0 Å². The number of anilines is 1. The number of amides is 1. The third kappa shape index (κ3) is 3.31. The molecular formula is C14H19ClN4O3. The van der Waals surface area contributed by atoms with Crippen molar-refractivity contribution in [3.05, 3.63) is 16.9 Å². The summed E-state index contributed by atoms with van der Waals surface area (Å²) >= 11 is 6.14. The molecule has 8 heteroatoms. The van der Waals surface area contributed by atoms with Crippen LogP contribution in [0.25, 0.3) is 0 Å². The fraction of sp³-hybridized carbons (Fsp3) is 0.643. The summed E-state index contributed by atoms with van der Waals surface area (Å²) < 4.78 is 10.8. The van der Waals surface area contributed by atoms with Crippen LogP contribution in [0.3, 0.4) is 0 Å². The first-order valence-corrected chi connectivity index (χ1v) is 7.79. The molecule has 0 saturated carbocycles. The summed E-state index contributed by atoms with van der Waals surface area (Å²) in [5.74, 6) is 0.356. The summed E-state index contributed by atoms with van der Waals surface area (Å²) in [6, 6.07) is 0. The number of ether oxygens (including phenoxy) is 2. The molecule has 1 aromatic rings. The van der Waals surface area contributed by atoms with E-state index >= 15 is 0 Å². The molecule has 0 radical (unpaired) electrons. The number of hydrogen-bond acceptors (Lipinski definition) is 6. The van der Waals surface area contributed by atoms with Gasteiger partial charge < -0.3 is 19.3 Å². The number of nitrogens with zero attached hydrogens (tertiary/aromatic N) is 4. The quantitative estimate of drug-likeness (QED) is 0.802. The Kier molecular flexibility index (Phi) is 4.75. The normalized spacial score (nSPS) is 22.7. The molecule has 0 bridgehead atoms. The van der Waals surface area contributed by atoms with Crippen molar-refractivity contribution in [3.8, 4) is 0 Å². The van der Waals surface area contributed by atoms with Crippen LogP contribution in [0.15, 0.2) is 6.20 Å². The molecule has 2 aliphatic rings. The first-order chi connectivity index (χ1) is 10.6. The molecule has 22 heavy (non-hydrogen) atoms. The first-order valence-electron chi connectivity index (χ1n) is 7.41. The number of hydrogen-bond donors (Lipinski definition) is 0. The average Bonchev–Trinajstić information content (AvgIpc) is 2.55. The van der Waals surface area contributed by atoms with Crippen LogP contribution in [0.1, 0.15) is 17.4 Å². The molecule has 2 aliphatic heterocycles. The maximum absolute atomic E-state index is 12.7. The molecule has 0 aromatic carbocycles. The molecule has 120 valence electrons. The van der Waals surface area contributed by atoms with Crippen molar-refractivity contribution in [2.45, 2.75) is 13.0 Å². The third-order valence-electron chi connectivity index (χ3n) is 3.76. The highest BCUT2D eigenvalue weighted by Crippen LogP contribution is 2.20. The van der Waals surface area contributed by atoms with E-state index < -0.39 is 0 Å². The second-order valence-electron chi connectivity index (χ2n) is 5.40. The lowest BCUT2D eigenvalue weighted by Crippen LogP contribution is -2.45. The second-order valence-corrected chi connectivity index (χ2v) is 5.81. The van der Waals surface area contributed by atoms with Crippen LogP contribution < -0.4 is 4.90 Å². The van der Waals surface area contributed by atoms with Gasteiger partial charge in [-0.1, -0.05) is 11.6 Å². The number of morpholine rings is 2. The molecule has 1 amide bonds. The van der Waals surface area contributed by atoms with E-state index in [-0.39, 0.29) is 22.7 Å². The van der Waals surface area contributed by atoms with Crippen LogP contribution in [0.4, 0.5) is 5.95 Å². The summed E-state index contributed by atoms with van der Waals surface area (Å²) in [5, 5.41) is 0.279. The molecule has 2 fully saturated rings. The Balaban J connectivity index is 1.81. The molecule has 0 aliphatic carbocycles. The van der Waals surface area contributed by atoms with Gasteiger partial charge in [0, 0.05) is 26.2 Å². The molecule has 0 spiro atoms. The van der Waals surface area contributed by atoms with Gasteiger partial charge in [0.25, 0.3) is 5.91 Å². The summed E-state index contributed by atoms with van der Waals surface area (Å²) in [5.41, 5.74) is 0.257. The van der Waals surface area contributed by atoms with Crippen molar-refractivity contribution < 1.29 is 14.3 Å². The smallest absolute Gasteiger partial charge is 0.274 e. The van der Waals surface area contributed by atoms with Crippen LogP contribution >= 0.6 is 11.6 Å². The minimum Gasteiger partial charge on any atom is -0.378 e. The van der Waals surface area contributed by atoms with Gasteiger partial charge in [0.15, 0.2) is 5.69 Å². The van der Waals surface area contributed by atoms with Crippen LogP contribution in [-0.2, 0) is 9.47 Å². The number of aromatic nitrogens is 2. The first kappa shape index (κ1) is 15.5. The van der Waals surface area contributed by atoms with E-state index in [0.717, 1.165) is 0 Å². The highest BCUT2D eigenvalue weighted by Gasteiger charge is 2.26.